The summed E-state index contributed by atoms with van der Waals surface area (Å²) in [5.41, 5.74) is 9.56. The van der Waals surface area contributed by atoms with E-state index in [-0.39, 0.29) is 16.3 Å². The van der Waals surface area contributed by atoms with Crippen LogP contribution in [0.15, 0.2) is 76.7 Å². The smallest absolute Gasteiger partial charge is 0.184 e. The predicted octanol–water partition coefficient (Wildman–Crippen LogP) is 5.62. The summed E-state index contributed by atoms with van der Waals surface area (Å²) in [6.07, 6.45) is 0. The van der Waals surface area contributed by atoms with E-state index in [0.717, 1.165) is 5.56 Å². The second kappa shape index (κ2) is 9.28. The number of rotatable bonds is 8. The predicted molar refractivity (Wildman–Crippen MR) is 119 cm³/mol. The van der Waals surface area contributed by atoms with Crippen LogP contribution < -0.4 is 9.64 Å². The number of nitrogens with zero attached hydrogens (tertiary/aromatic N) is 2. The van der Waals surface area contributed by atoms with E-state index in [1.807, 2.05) is 44.4 Å². The summed E-state index contributed by atoms with van der Waals surface area (Å²) in [5, 5.41) is 3.71. The molecule has 0 bridgehead atoms. The average molecular weight is 444 g/mol. The topological polar surface area (TPSA) is 82.8 Å². The molecule has 1 N–H and O–H groups in total. The van der Waals surface area contributed by atoms with E-state index in [4.69, 9.17) is 21.9 Å². The van der Waals surface area contributed by atoms with Crippen LogP contribution >= 0.6 is 11.6 Å². The summed E-state index contributed by atoms with van der Waals surface area (Å²) in [6, 6.07) is 19.4. The van der Waals surface area contributed by atoms with Crippen molar-refractivity contribution in [2.45, 2.75) is 17.3 Å². The first-order valence-corrected chi connectivity index (χ1v) is 11.2. The molecule has 0 aliphatic heterocycles. The van der Waals surface area contributed by atoms with Crippen molar-refractivity contribution in [2.75, 3.05) is 19.0 Å². The lowest BCUT2D eigenvalue weighted by Gasteiger charge is -2.15. The molecule has 0 saturated heterocycles. The molecule has 0 fully saturated rings. The van der Waals surface area contributed by atoms with Gasteiger partial charge in [0.2, 0.25) is 0 Å². The number of sulfone groups is 1. The maximum atomic E-state index is 13.1. The third-order valence-corrected chi connectivity index (χ3v) is 6.58. The van der Waals surface area contributed by atoms with Gasteiger partial charge in [-0.1, -0.05) is 41.9 Å². The van der Waals surface area contributed by atoms with Crippen molar-refractivity contribution in [1.82, 2.24) is 0 Å². The summed E-state index contributed by atoms with van der Waals surface area (Å²) in [6.45, 7) is 0.363. The van der Waals surface area contributed by atoms with Gasteiger partial charge in [0.05, 0.1) is 10.6 Å². The van der Waals surface area contributed by atoms with Crippen molar-refractivity contribution in [2.24, 2.45) is 5.11 Å². The second-order valence-electron chi connectivity index (χ2n) is 6.94. The molecule has 0 saturated carbocycles. The molecule has 0 amide bonds. The van der Waals surface area contributed by atoms with Crippen molar-refractivity contribution >= 4 is 32.8 Å². The lowest BCUT2D eigenvalue weighted by molar-refractivity contribution is 0.306. The molecule has 0 aromatic heterocycles. The molecule has 0 unspecified atom stereocenters. The molecule has 156 valence electrons. The highest BCUT2D eigenvalue weighted by molar-refractivity contribution is 7.90. The summed E-state index contributed by atoms with van der Waals surface area (Å²) in [7, 11) is -0.173. The number of benzene rings is 3. The van der Waals surface area contributed by atoms with Crippen LogP contribution in [-0.2, 0) is 22.2 Å². The SMILES string of the molecule is CN(C)c1ccc(N=N)c(S(=O)(=O)Cc2cc(OCc3ccccc3)ccc2Cl)c1. The Balaban J connectivity index is 1.88. The molecular weight excluding hydrogens is 422 g/mol. The fraction of sp³-hybridized carbons (Fsp3) is 0.182. The molecule has 0 heterocycles. The summed E-state index contributed by atoms with van der Waals surface area (Å²) in [5.74, 6) is 0.203. The van der Waals surface area contributed by atoms with E-state index >= 15 is 0 Å². The van der Waals surface area contributed by atoms with E-state index in [2.05, 4.69) is 5.11 Å². The Morgan fingerprint density at radius 3 is 2.43 bits per heavy atom. The van der Waals surface area contributed by atoms with E-state index in [0.29, 0.717) is 28.6 Å². The Labute approximate surface area is 181 Å². The number of nitrogens with one attached hydrogen (secondary N) is 1. The lowest BCUT2D eigenvalue weighted by atomic mass is 10.2. The zero-order valence-electron chi connectivity index (χ0n) is 16.7. The fourth-order valence-electron chi connectivity index (χ4n) is 2.90. The Hall–Kier alpha value is -2.90. The number of hydrogen-bond acceptors (Lipinski definition) is 6. The van der Waals surface area contributed by atoms with Gasteiger partial charge in [-0.3, -0.25) is 0 Å². The third-order valence-electron chi connectivity index (χ3n) is 4.53. The summed E-state index contributed by atoms with van der Waals surface area (Å²) < 4.78 is 32.1. The molecule has 0 atom stereocenters. The van der Waals surface area contributed by atoms with Crippen LogP contribution in [-0.4, -0.2) is 22.5 Å². The van der Waals surface area contributed by atoms with Crippen LogP contribution in [0.2, 0.25) is 5.02 Å². The summed E-state index contributed by atoms with van der Waals surface area (Å²) >= 11 is 6.27. The molecule has 30 heavy (non-hydrogen) atoms. The zero-order chi connectivity index (χ0) is 21.7. The minimum Gasteiger partial charge on any atom is -0.489 e. The van der Waals surface area contributed by atoms with Gasteiger partial charge in [-0.05, 0) is 47.5 Å². The lowest BCUT2D eigenvalue weighted by Crippen LogP contribution is -2.11. The van der Waals surface area contributed by atoms with Crippen LogP contribution in [0.3, 0.4) is 0 Å². The molecule has 3 aromatic carbocycles. The van der Waals surface area contributed by atoms with Gasteiger partial charge in [0.1, 0.15) is 18.0 Å². The third kappa shape index (κ3) is 5.17. The van der Waals surface area contributed by atoms with E-state index in [1.54, 1.807) is 29.2 Å². The van der Waals surface area contributed by atoms with Crippen LogP contribution in [0.4, 0.5) is 11.4 Å². The first-order valence-electron chi connectivity index (χ1n) is 9.17. The highest BCUT2D eigenvalue weighted by Gasteiger charge is 2.22. The van der Waals surface area contributed by atoms with E-state index in [1.165, 1.54) is 12.1 Å². The van der Waals surface area contributed by atoms with Gasteiger partial charge in [-0.2, -0.15) is 5.11 Å². The van der Waals surface area contributed by atoms with Gasteiger partial charge in [0.15, 0.2) is 9.84 Å². The van der Waals surface area contributed by atoms with Crippen LogP contribution in [0.1, 0.15) is 11.1 Å². The Bertz CT molecular complexity index is 1150. The Kier molecular flexibility index (Phi) is 6.74. The van der Waals surface area contributed by atoms with E-state index in [9.17, 15) is 8.42 Å². The first kappa shape index (κ1) is 21.8. The fourth-order valence-corrected chi connectivity index (χ4v) is 4.70. The normalized spacial score (nSPS) is 11.2. The maximum Gasteiger partial charge on any atom is 0.184 e. The molecule has 0 aliphatic rings. The number of ether oxygens (including phenoxy) is 1. The minimum absolute atomic E-state index is 0.00428. The van der Waals surface area contributed by atoms with Crippen LogP contribution in [0.25, 0.3) is 0 Å². The minimum atomic E-state index is -3.80. The number of halogens is 1. The molecular formula is C22H22ClN3O3S. The molecule has 8 heteroatoms. The molecule has 3 aromatic rings. The first-order chi connectivity index (χ1) is 14.3. The van der Waals surface area contributed by atoms with Crippen molar-refractivity contribution in [3.05, 3.63) is 82.9 Å². The molecule has 0 aliphatic carbocycles. The second-order valence-corrected chi connectivity index (χ2v) is 9.31. The van der Waals surface area contributed by atoms with E-state index < -0.39 is 9.84 Å². The Morgan fingerprint density at radius 2 is 1.77 bits per heavy atom. The monoisotopic (exact) mass is 443 g/mol. The van der Waals surface area contributed by atoms with Gasteiger partial charge >= 0.3 is 0 Å². The van der Waals surface area contributed by atoms with Crippen LogP contribution in [0, 0.1) is 5.53 Å². The van der Waals surface area contributed by atoms with Crippen molar-refractivity contribution in [1.29, 1.82) is 5.53 Å². The van der Waals surface area contributed by atoms with Crippen LogP contribution in [0.5, 0.6) is 5.75 Å². The van der Waals surface area contributed by atoms with Gasteiger partial charge in [-0.15, -0.1) is 0 Å². The molecule has 6 nitrogen and oxygen atoms in total. The van der Waals surface area contributed by atoms with Gasteiger partial charge in [0, 0.05) is 24.8 Å². The standard InChI is InChI=1S/C22H22ClN3O3S/c1-26(2)18-8-11-21(25-24)22(13-18)30(27,28)15-17-12-19(9-10-20(17)23)29-14-16-6-4-3-5-7-16/h3-13,24H,14-15H2,1-2H3. The van der Waals surface area contributed by atoms with Crippen molar-refractivity contribution in [3.8, 4) is 5.75 Å². The highest BCUT2D eigenvalue weighted by atomic mass is 35.5. The zero-order valence-corrected chi connectivity index (χ0v) is 18.2. The maximum absolute atomic E-state index is 13.1. The number of anilines is 1. The number of hydrogen-bond donors (Lipinski definition) is 1. The van der Waals surface area contributed by atoms with Gasteiger partial charge < -0.3 is 9.64 Å². The molecule has 0 spiro atoms. The average Bonchev–Trinajstić information content (AvgIpc) is 2.74. The molecule has 0 radical (unpaired) electrons. The van der Waals surface area contributed by atoms with Crippen molar-refractivity contribution in [3.63, 3.8) is 0 Å². The quantitative estimate of drug-likeness (QED) is 0.458. The molecule has 3 rings (SSSR count). The van der Waals surface area contributed by atoms with Gasteiger partial charge in [-0.25, -0.2) is 13.9 Å². The van der Waals surface area contributed by atoms with Gasteiger partial charge in [0.25, 0.3) is 0 Å². The Morgan fingerprint density at radius 1 is 1.03 bits per heavy atom. The van der Waals surface area contributed by atoms with Crippen molar-refractivity contribution < 1.29 is 13.2 Å². The largest absolute Gasteiger partial charge is 0.489 e. The highest BCUT2D eigenvalue weighted by Crippen LogP contribution is 2.33. The summed E-state index contributed by atoms with van der Waals surface area (Å²) in [4.78, 5) is 1.79.